The Morgan fingerprint density at radius 2 is 1.23 bits per heavy atom. The monoisotopic (exact) mass is 470 g/mol. The lowest BCUT2D eigenvalue weighted by molar-refractivity contribution is 0.304. The molecule has 0 radical (unpaired) electrons. The minimum absolute atomic E-state index is 0.618. The van der Waals surface area contributed by atoms with Crippen molar-refractivity contribution in [3.05, 3.63) is 82.9 Å². The SMILES string of the molecule is CCCCCc1ccc(CCC2C=CC(c3ccc(C4CCC(CCCC)CC4)cc3)CC2)cc1. The van der Waals surface area contributed by atoms with Crippen LogP contribution in [0.2, 0.25) is 0 Å². The standard InChI is InChI=1S/C35H50/c1-3-5-7-9-29-10-12-30(13-11-29)14-15-31-18-22-33(23-19-31)35-26-24-34(25-27-35)32-20-16-28(17-21-32)8-6-4-2/h10-13,18,22,24-28,31-33H,3-9,14-17,19-21,23H2,1-2H3. The van der Waals surface area contributed by atoms with Crippen molar-refractivity contribution in [2.45, 2.75) is 122 Å². The van der Waals surface area contributed by atoms with Crippen molar-refractivity contribution < 1.29 is 0 Å². The summed E-state index contributed by atoms with van der Waals surface area (Å²) in [7, 11) is 0. The molecule has 0 amide bonds. The van der Waals surface area contributed by atoms with Crippen molar-refractivity contribution in [2.75, 3.05) is 0 Å². The average Bonchev–Trinajstić information content (AvgIpc) is 2.92. The Labute approximate surface area is 216 Å². The van der Waals surface area contributed by atoms with Gasteiger partial charge in [-0.2, -0.15) is 0 Å². The van der Waals surface area contributed by atoms with E-state index < -0.39 is 0 Å². The Kier molecular flexibility index (Phi) is 10.5. The topological polar surface area (TPSA) is 0 Å². The summed E-state index contributed by atoms with van der Waals surface area (Å²) >= 11 is 0. The van der Waals surface area contributed by atoms with E-state index in [2.05, 4.69) is 74.5 Å². The Hall–Kier alpha value is -1.82. The molecular weight excluding hydrogens is 420 g/mol. The van der Waals surface area contributed by atoms with Gasteiger partial charge in [-0.1, -0.05) is 107 Å². The summed E-state index contributed by atoms with van der Waals surface area (Å²) in [5.41, 5.74) is 6.14. The molecule has 2 aliphatic carbocycles. The summed E-state index contributed by atoms with van der Waals surface area (Å²) in [5, 5.41) is 0. The Morgan fingerprint density at radius 1 is 0.571 bits per heavy atom. The average molecular weight is 471 g/mol. The van der Waals surface area contributed by atoms with E-state index in [-0.39, 0.29) is 0 Å². The van der Waals surface area contributed by atoms with Crippen molar-refractivity contribution in [3.63, 3.8) is 0 Å². The van der Waals surface area contributed by atoms with Crippen LogP contribution in [0.5, 0.6) is 0 Å². The highest BCUT2D eigenvalue weighted by Gasteiger charge is 2.23. The first kappa shape index (κ1) is 26.2. The van der Waals surface area contributed by atoms with Gasteiger partial charge in [0.1, 0.15) is 0 Å². The molecule has 2 aliphatic rings. The summed E-state index contributed by atoms with van der Waals surface area (Å²) in [5.74, 6) is 3.17. The fraction of sp³-hybridized carbons (Fsp3) is 0.600. The molecule has 2 aromatic carbocycles. The largest absolute Gasteiger partial charge is 0.0848 e. The van der Waals surface area contributed by atoms with E-state index in [1.165, 1.54) is 113 Å². The van der Waals surface area contributed by atoms with Crippen LogP contribution in [0.25, 0.3) is 0 Å². The van der Waals surface area contributed by atoms with Crippen molar-refractivity contribution in [1.82, 2.24) is 0 Å². The summed E-state index contributed by atoms with van der Waals surface area (Å²) < 4.78 is 0. The van der Waals surface area contributed by atoms with Gasteiger partial charge in [-0.15, -0.1) is 0 Å². The van der Waals surface area contributed by atoms with E-state index in [0.29, 0.717) is 5.92 Å². The number of allylic oxidation sites excluding steroid dienone is 2. The van der Waals surface area contributed by atoms with E-state index in [1.54, 1.807) is 5.56 Å². The predicted molar refractivity (Wildman–Crippen MR) is 153 cm³/mol. The molecule has 190 valence electrons. The summed E-state index contributed by atoms with van der Waals surface area (Å²) in [4.78, 5) is 0. The molecule has 4 rings (SSSR count). The van der Waals surface area contributed by atoms with E-state index in [9.17, 15) is 0 Å². The fourth-order valence-corrected chi connectivity index (χ4v) is 6.49. The number of benzene rings is 2. The van der Waals surface area contributed by atoms with Crippen LogP contribution < -0.4 is 0 Å². The van der Waals surface area contributed by atoms with Crippen LogP contribution in [0.1, 0.15) is 131 Å². The zero-order valence-electron chi connectivity index (χ0n) is 22.7. The van der Waals surface area contributed by atoms with E-state index in [0.717, 1.165) is 17.8 Å². The second kappa shape index (κ2) is 14.1. The van der Waals surface area contributed by atoms with E-state index >= 15 is 0 Å². The van der Waals surface area contributed by atoms with Crippen LogP contribution in [0.15, 0.2) is 60.7 Å². The highest BCUT2D eigenvalue weighted by Crippen LogP contribution is 2.39. The highest BCUT2D eigenvalue weighted by molar-refractivity contribution is 5.31. The molecule has 0 N–H and O–H groups in total. The molecular formula is C35H50. The van der Waals surface area contributed by atoms with Gasteiger partial charge in [0.2, 0.25) is 0 Å². The number of rotatable bonds is 12. The lowest BCUT2D eigenvalue weighted by atomic mass is 9.76. The molecule has 35 heavy (non-hydrogen) atoms. The Bertz CT molecular complexity index is 863. The molecule has 1 fully saturated rings. The summed E-state index contributed by atoms with van der Waals surface area (Å²) in [6.45, 7) is 4.60. The van der Waals surface area contributed by atoms with Crippen molar-refractivity contribution in [3.8, 4) is 0 Å². The lowest BCUT2D eigenvalue weighted by Gasteiger charge is -2.29. The highest BCUT2D eigenvalue weighted by atomic mass is 14.3. The Balaban J connectivity index is 1.20. The third-order valence-corrected chi connectivity index (χ3v) is 9.01. The van der Waals surface area contributed by atoms with Gasteiger partial charge >= 0.3 is 0 Å². The second-order valence-electron chi connectivity index (χ2n) is 11.7. The second-order valence-corrected chi connectivity index (χ2v) is 11.7. The van der Waals surface area contributed by atoms with Gasteiger partial charge in [0.25, 0.3) is 0 Å². The summed E-state index contributed by atoms with van der Waals surface area (Å²) in [6.07, 6.45) is 25.3. The maximum absolute atomic E-state index is 2.53. The molecule has 0 heterocycles. The quantitative estimate of drug-likeness (QED) is 0.214. The third kappa shape index (κ3) is 8.09. The van der Waals surface area contributed by atoms with Gasteiger partial charge < -0.3 is 0 Å². The first-order chi connectivity index (χ1) is 17.2. The molecule has 0 spiro atoms. The molecule has 2 unspecified atom stereocenters. The Morgan fingerprint density at radius 3 is 1.86 bits per heavy atom. The number of hydrogen-bond donors (Lipinski definition) is 0. The van der Waals surface area contributed by atoms with Gasteiger partial charge in [0, 0.05) is 5.92 Å². The normalized spacial score (nSPS) is 24.5. The van der Waals surface area contributed by atoms with E-state index in [4.69, 9.17) is 0 Å². The smallest absolute Gasteiger partial charge is 0.00182 e. The molecule has 0 saturated heterocycles. The molecule has 0 heteroatoms. The van der Waals surface area contributed by atoms with Crippen molar-refractivity contribution >= 4 is 0 Å². The number of hydrogen-bond acceptors (Lipinski definition) is 0. The number of aryl methyl sites for hydroxylation is 2. The molecule has 0 nitrogen and oxygen atoms in total. The van der Waals surface area contributed by atoms with Gasteiger partial charge in [-0.05, 0) is 104 Å². The molecule has 2 aromatic rings. The number of unbranched alkanes of at least 4 members (excludes halogenated alkanes) is 3. The maximum Gasteiger partial charge on any atom is 0.00182 e. The van der Waals surface area contributed by atoms with Crippen LogP contribution in [0.4, 0.5) is 0 Å². The molecule has 1 saturated carbocycles. The van der Waals surface area contributed by atoms with Gasteiger partial charge in [0.05, 0.1) is 0 Å². The van der Waals surface area contributed by atoms with Gasteiger partial charge in [-0.3, -0.25) is 0 Å². The van der Waals surface area contributed by atoms with Crippen LogP contribution in [-0.4, -0.2) is 0 Å². The van der Waals surface area contributed by atoms with Crippen molar-refractivity contribution in [1.29, 1.82) is 0 Å². The molecule has 2 atom stereocenters. The zero-order valence-corrected chi connectivity index (χ0v) is 22.7. The maximum atomic E-state index is 2.53. The molecule has 0 aromatic heterocycles. The third-order valence-electron chi connectivity index (χ3n) is 9.01. The minimum Gasteiger partial charge on any atom is -0.0848 e. The minimum atomic E-state index is 0.618. The van der Waals surface area contributed by atoms with Gasteiger partial charge in [0.15, 0.2) is 0 Å². The molecule has 0 aliphatic heterocycles. The zero-order chi connectivity index (χ0) is 24.3. The van der Waals surface area contributed by atoms with Crippen molar-refractivity contribution in [2.24, 2.45) is 11.8 Å². The fourth-order valence-electron chi connectivity index (χ4n) is 6.49. The van der Waals surface area contributed by atoms with Crippen LogP contribution in [0, 0.1) is 11.8 Å². The summed E-state index contributed by atoms with van der Waals surface area (Å²) in [6, 6.07) is 19.3. The predicted octanol–water partition coefficient (Wildman–Crippen LogP) is 10.6. The van der Waals surface area contributed by atoms with Gasteiger partial charge in [-0.25, -0.2) is 0 Å². The lowest BCUT2D eigenvalue weighted by Crippen LogP contribution is -2.13. The van der Waals surface area contributed by atoms with Crippen LogP contribution in [0.3, 0.4) is 0 Å². The van der Waals surface area contributed by atoms with Crippen LogP contribution >= 0.6 is 0 Å². The first-order valence-corrected chi connectivity index (χ1v) is 15.1. The van der Waals surface area contributed by atoms with Crippen LogP contribution in [-0.2, 0) is 12.8 Å². The molecule has 0 bridgehead atoms. The van der Waals surface area contributed by atoms with E-state index in [1.807, 2.05) is 0 Å². The first-order valence-electron chi connectivity index (χ1n) is 15.1.